The highest BCUT2D eigenvalue weighted by atomic mass is 32.1. The molecule has 0 spiro atoms. The number of thiazole rings is 1. The minimum absolute atomic E-state index is 0.00000656. The van der Waals surface area contributed by atoms with Crippen LogP contribution in [0.5, 0.6) is 0 Å². The van der Waals surface area contributed by atoms with Gasteiger partial charge in [0.05, 0.1) is 12.6 Å². The molecule has 0 aromatic carbocycles. The molecule has 2 bridgehead atoms. The van der Waals surface area contributed by atoms with Crippen LogP contribution in [-0.4, -0.2) is 49.6 Å². The summed E-state index contributed by atoms with van der Waals surface area (Å²) in [6.45, 7) is 0.664. The van der Waals surface area contributed by atoms with Gasteiger partial charge in [-0.15, -0.1) is 11.3 Å². The van der Waals surface area contributed by atoms with Gasteiger partial charge in [-0.25, -0.2) is 4.98 Å². The van der Waals surface area contributed by atoms with Gasteiger partial charge in [-0.2, -0.15) is 0 Å². The van der Waals surface area contributed by atoms with E-state index in [1.165, 1.54) is 28.0 Å². The number of aromatic nitrogens is 3. The molecule has 8 nitrogen and oxygen atoms in total. The third-order valence-electron chi connectivity index (χ3n) is 5.85. The Balaban J connectivity index is 1.53. The van der Waals surface area contributed by atoms with Crippen molar-refractivity contribution in [3.8, 4) is 0 Å². The molecule has 1 N–H and O–H groups in total. The molecule has 0 aliphatic carbocycles. The van der Waals surface area contributed by atoms with Gasteiger partial charge in [-0.3, -0.25) is 18.8 Å². The lowest BCUT2D eigenvalue weighted by Crippen LogP contribution is -2.52. The molecule has 2 aliphatic rings. The average Bonchev–Trinajstić information content (AvgIpc) is 3.18. The van der Waals surface area contributed by atoms with Crippen molar-refractivity contribution in [1.82, 2.24) is 18.9 Å². The number of aliphatic hydroxyl groups is 1. The minimum Gasteiger partial charge on any atom is -0.394 e. The van der Waals surface area contributed by atoms with Crippen LogP contribution in [0.2, 0.25) is 0 Å². The number of rotatable bonds is 2. The molecule has 1 fully saturated rings. The largest absolute Gasteiger partial charge is 0.394 e. The van der Waals surface area contributed by atoms with E-state index in [1.807, 2.05) is 6.07 Å². The normalized spacial score (nSPS) is 23.6. The highest BCUT2D eigenvalue weighted by Gasteiger charge is 2.42. The number of fused-ring (bicyclic) bond motifs is 5. The fourth-order valence-corrected chi connectivity index (χ4v) is 5.26. The van der Waals surface area contributed by atoms with E-state index in [-0.39, 0.29) is 47.1 Å². The van der Waals surface area contributed by atoms with Crippen molar-refractivity contribution in [1.29, 1.82) is 0 Å². The van der Waals surface area contributed by atoms with Crippen LogP contribution in [-0.2, 0) is 0 Å². The van der Waals surface area contributed by atoms with Gasteiger partial charge in [0.1, 0.15) is 5.56 Å². The lowest BCUT2D eigenvalue weighted by Gasteiger charge is -2.46. The molecule has 5 heterocycles. The monoisotopic (exact) mass is 398 g/mol. The molecule has 1 saturated heterocycles. The zero-order valence-corrected chi connectivity index (χ0v) is 15.7. The predicted octanol–water partition coefficient (Wildman–Crippen LogP) is 0.711. The number of carbonyl (C=O) groups is 1. The third-order valence-corrected chi connectivity index (χ3v) is 6.62. The Kier molecular flexibility index (Phi) is 3.95. The lowest BCUT2D eigenvalue weighted by atomic mass is 9.78. The summed E-state index contributed by atoms with van der Waals surface area (Å²) in [5, 5.41) is 11.7. The zero-order valence-electron chi connectivity index (χ0n) is 14.9. The molecule has 9 heteroatoms. The first-order chi connectivity index (χ1) is 13.6. The minimum atomic E-state index is -0.373. The SMILES string of the molecule is O=C(c1cnc2sccn2c1=O)N1C[C@H]2C[C@@H](C1)[C@H](CO)n1c2cccc1=O. The van der Waals surface area contributed by atoms with Crippen molar-refractivity contribution in [2.24, 2.45) is 5.92 Å². The van der Waals surface area contributed by atoms with Crippen molar-refractivity contribution >= 4 is 22.2 Å². The Labute approximate surface area is 163 Å². The van der Waals surface area contributed by atoms with Crippen LogP contribution < -0.4 is 11.1 Å². The van der Waals surface area contributed by atoms with Gasteiger partial charge in [-0.05, 0) is 12.5 Å². The fraction of sp³-hybridized carbons (Fsp3) is 0.368. The first-order valence-electron chi connectivity index (χ1n) is 9.15. The molecule has 144 valence electrons. The second-order valence-corrected chi connectivity index (χ2v) is 8.22. The molecule has 3 atom stereocenters. The topological polar surface area (TPSA) is 96.9 Å². The summed E-state index contributed by atoms with van der Waals surface area (Å²) in [7, 11) is 0. The van der Waals surface area contributed by atoms with E-state index < -0.39 is 0 Å². The van der Waals surface area contributed by atoms with E-state index in [2.05, 4.69) is 4.98 Å². The Morgan fingerprint density at radius 3 is 2.96 bits per heavy atom. The second-order valence-electron chi connectivity index (χ2n) is 7.34. The molecule has 28 heavy (non-hydrogen) atoms. The Hall–Kier alpha value is -2.78. The number of aliphatic hydroxyl groups excluding tert-OH is 1. The van der Waals surface area contributed by atoms with Gasteiger partial charge in [-0.1, -0.05) is 6.07 Å². The number of hydrogen-bond donors (Lipinski definition) is 1. The number of nitrogens with zero attached hydrogens (tertiary/aromatic N) is 4. The number of piperidine rings is 1. The lowest BCUT2D eigenvalue weighted by molar-refractivity contribution is 0.0435. The van der Waals surface area contributed by atoms with Gasteiger partial charge in [0, 0.05) is 54.5 Å². The van der Waals surface area contributed by atoms with Crippen LogP contribution in [0.3, 0.4) is 0 Å². The number of hydrogen-bond acceptors (Lipinski definition) is 6. The Bertz CT molecular complexity index is 1200. The number of likely N-dealkylation sites (tertiary alicyclic amines) is 1. The molecular weight excluding hydrogens is 380 g/mol. The Morgan fingerprint density at radius 1 is 1.29 bits per heavy atom. The summed E-state index contributed by atoms with van der Waals surface area (Å²) in [6.07, 6.45) is 3.77. The maximum Gasteiger partial charge on any atom is 0.271 e. The van der Waals surface area contributed by atoms with Crippen molar-refractivity contribution in [2.45, 2.75) is 18.4 Å². The summed E-state index contributed by atoms with van der Waals surface area (Å²) < 4.78 is 3.06. The fourth-order valence-electron chi connectivity index (χ4n) is 4.58. The van der Waals surface area contributed by atoms with Crippen LogP contribution in [0.1, 0.15) is 34.4 Å². The smallest absolute Gasteiger partial charge is 0.271 e. The van der Waals surface area contributed by atoms with E-state index in [0.29, 0.717) is 18.1 Å². The highest BCUT2D eigenvalue weighted by molar-refractivity contribution is 7.15. The first kappa shape index (κ1) is 17.3. The maximum atomic E-state index is 13.1. The van der Waals surface area contributed by atoms with E-state index >= 15 is 0 Å². The zero-order chi connectivity index (χ0) is 19.4. The van der Waals surface area contributed by atoms with Gasteiger partial charge < -0.3 is 14.6 Å². The molecular formula is C19H18N4O4S. The molecule has 2 aliphatic heterocycles. The van der Waals surface area contributed by atoms with E-state index in [4.69, 9.17) is 0 Å². The third kappa shape index (κ3) is 2.46. The summed E-state index contributed by atoms with van der Waals surface area (Å²) in [4.78, 5) is 44.6. The molecule has 5 rings (SSSR count). The van der Waals surface area contributed by atoms with Crippen LogP contribution >= 0.6 is 11.3 Å². The van der Waals surface area contributed by atoms with Gasteiger partial charge in [0.15, 0.2) is 4.96 Å². The van der Waals surface area contributed by atoms with E-state index in [1.54, 1.807) is 27.1 Å². The molecule has 0 radical (unpaired) electrons. The molecule has 3 aromatic heterocycles. The first-order valence-corrected chi connectivity index (χ1v) is 10.0. The van der Waals surface area contributed by atoms with Crippen LogP contribution in [0.15, 0.2) is 45.6 Å². The molecule has 0 unspecified atom stereocenters. The molecule has 0 saturated carbocycles. The van der Waals surface area contributed by atoms with Crippen molar-refractivity contribution in [2.75, 3.05) is 19.7 Å². The standard InChI is InChI=1S/C19H18N4O4S/c24-10-15-12-6-11(14-2-1-3-16(25)23(14)15)8-21(9-12)17(26)13-7-20-19-22(18(13)27)4-5-28-19/h1-5,7,11-12,15,24H,6,8-10H2/t11-,12+,15+/m1/s1. The van der Waals surface area contributed by atoms with E-state index in [9.17, 15) is 19.5 Å². The quantitative estimate of drug-likeness (QED) is 0.686. The number of pyridine rings is 1. The summed E-state index contributed by atoms with van der Waals surface area (Å²) in [6, 6.07) is 4.73. The van der Waals surface area contributed by atoms with Gasteiger partial charge in [0.25, 0.3) is 17.0 Å². The summed E-state index contributed by atoms with van der Waals surface area (Å²) in [5.74, 6) is -0.392. The van der Waals surface area contributed by atoms with Crippen LogP contribution in [0.4, 0.5) is 0 Å². The van der Waals surface area contributed by atoms with Crippen LogP contribution in [0, 0.1) is 5.92 Å². The van der Waals surface area contributed by atoms with Crippen LogP contribution in [0.25, 0.3) is 4.96 Å². The molecule has 1 amide bonds. The van der Waals surface area contributed by atoms with E-state index in [0.717, 1.165) is 12.1 Å². The van der Waals surface area contributed by atoms with Crippen molar-refractivity contribution in [3.05, 3.63) is 67.9 Å². The van der Waals surface area contributed by atoms with Crippen molar-refractivity contribution < 1.29 is 9.90 Å². The van der Waals surface area contributed by atoms with Gasteiger partial charge >= 0.3 is 0 Å². The summed E-state index contributed by atoms with van der Waals surface area (Å²) >= 11 is 1.33. The summed E-state index contributed by atoms with van der Waals surface area (Å²) in [5.41, 5.74) is 0.379. The Morgan fingerprint density at radius 2 is 2.14 bits per heavy atom. The van der Waals surface area contributed by atoms with Crippen molar-refractivity contribution in [3.63, 3.8) is 0 Å². The maximum absolute atomic E-state index is 13.1. The number of carbonyl (C=O) groups excluding carboxylic acids is 1. The second kappa shape index (κ2) is 6.39. The molecule has 3 aromatic rings. The number of amides is 1. The average molecular weight is 398 g/mol. The predicted molar refractivity (Wildman–Crippen MR) is 103 cm³/mol. The highest BCUT2D eigenvalue weighted by Crippen LogP contribution is 2.41. The van der Waals surface area contributed by atoms with Gasteiger partial charge in [0.2, 0.25) is 0 Å².